The Kier molecular flexibility index (Phi) is 2.01. The second-order valence-electron chi connectivity index (χ2n) is 5.70. The first-order valence-electron chi connectivity index (χ1n) is 6.54. The molecule has 4 rings (SSSR count). The van der Waals surface area contributed by atoms with Crippen molar-refractivity contribution in [1.29, 1.82) is 0 Å². The van der Waals surface area contributed by atoms with Crippen LogP contribution in [0.15, 0.2) is 0 Å². The van der Waals surface area contributed by atoms with Gasteiger partial charge in [0.05, 0.1) is 0 Å². The largest absolute Gasteiger partial charge is 0.454 e. The van der Waals surface area contributed by atoms with Gasteiger partial charge in [-0.1, -0.05) is 19.3 Å². The van der Waals surface area contributed by atoms with Crippen molar-refractivity contribution in [3.8, 4) is 0 Å². The van der Waals surface area contributed by atoms with Crippen molar-refractivity contribution in [3.63, 3.8) is 0 Å². The minimum Gasteiger partial charge on any atom is -0.454 e. The normalized spacial score (nSPS) is 52.7. The van der Waals surface area contributed by atoms with Gasteiger partial charge in [0.1, 0.15) is 11.7 Å². The van der Waals surface area contributed by atoms with Crippen LogP contribution in [-0.2, 0) is 19.0 Å². The van der Waals surface area contributed by atoms with E-state index < -0.39 is 41.8 Å². The van der Waals surface area contributed by atoms with E-state index in [0.717, 1.165) is 32.1 Å². The second-order valence-corrected chi connectivity index (χ2v) is 5.70. The van der Waals surface area contributed by atoms with Crippen LogP contribution in [0.1, 0.15) is 32.1 Å². The van der Waals surface area contributed by atoms with E-state index in [-0.39, 0.29) is 0 Å². The number of esters is 1. The average molecular weight is 256 g/mol. The molecule has 1 saturated carbocycles. The summed E-state index contributed by atoms with van der Waals surface area (Å²) < 4.78 is 16.3. The predicted octanol–water partition coefficient (Wildman–Crippen LogP) is -0.538. The number of hydrogen-bond donors (Lipinski definition) is 2. The summed E-state index contributed by atoms with van der Waals surface area (Å²) in [5.74, 6) is -1.74. The van der Waals surface area contributed by atoms with Crippen LogP contribution in [0.3, 0.4) is 0 Å². The minimum atomic E-state index is -1.13. The van der Waals surface area contributed by atoms with Gasteiger partial charge in [-0.15, -0.1) is 0 Å². The highest BCUT2D eigenvalue weighted by Crippen LogP contribution is 2.62. The van der Waals surface area contributed by atoms with Gasteiger partial charge in [-0.25, -0.2) is 4.79 Å². The van der Waals surface area contributed by atoms with Crippen LogP contribution < -0.4 is 0 Å². The van der Waals surface area contributed by atoms with Gasteiger partial charge in [-0.05, 0) is 12.8 Å². The molecule has 0 amide bonds. The van der Waals surface area contributed by atoms with Crippen LogP contribution in [0.4, 0.5) is 0 Å². The summed E-state index contributed by atoms with van der Waals surface area (Å²) in [6.07, 6.45) is 0.743. The van der Waals surface area contributed by atoms with Gasteiger partial charge in [-0.2, -0.15) is 0 Å². The monoisotopic (exact) mass is 256 g/mol. The lowest BCUT2D eigenvalue weighted by molar-refractivity contribution is -0.219. The van der Waals surface area contributed by atoms with Crippen LogP contribution in [0.2, 0.25) is 0 Å². The lowest BCUT2D eigenvalue weighted by atomic mass is 9.80. The van der Waals surface area contributed by atoms with Gasteiger partial charge in [0.2, 0.25) is 5.79 Å². The summed E-state index contributed by atoms with van der Waals surface area (Å²) in [4.78, 5) is 11.5. The molecule has 3 heterocycles. The third kappa shape index (κ3) is 1.10. The third-order valence-corrected chi connectivity index (χ3v) is 4.74. The van der Waals surface area contributed by atoms with E-state index in [1.807, 2.05) is 0 Å². The molecule has 4 aliphatic rings. The van der Waals surface area contributed by atoms with E-state index in [1.54, 1.807) is 0 Å². The quantitative estimate of drug-likeness (QED) is 0.447. The van der Waals surface area contributed by atoms with Crippen molar-refractivity contribution in [3.05, 3.63) is 0 Å². The first-order valence-corrected chi connectivity index (χ1v) is 6.54. The average Bonchev–Trinajstić information content (AvgIpc) is 2.91. The van der Waals surface area contributed by atoms with E-state index in [2.05, 4.69) is 0 Å². The Morgan fingerprint density at radius 2 is 1.89 bits per heavy atom. The lowest BCUT2D eigenvalue weighted by Crippen LogP contribution is -2.58. The van der Waals surface area contributed by atoms with E-state index in [0.29, 0.717) is 0 Å². The number of fused-ring (bicyclic) bond motifs is 3. The van der Waals surface area contributed by atoms with Crippen LogP contribution in [0.5, 0.6) is 0 Å². The number of epoxide rings is 1. The predicted molar refractivity (Wildman–Crippen MR) is 56.4 cm³/mol. The first-order chi connectivity index (χ1) is 8.60. The fourth-order valence-electron chi connectivity index (χ4n) is 3.73. The number of hydrogen-bond acceptors (Lipinski definition) is 6. The Bertz CT molecular complexity index is 403. The Morgan fingerprint density at radius 1 is 1.17 bits per heavy atom. The fraction of sp³-hybridized carbons (Fsp3) is 0.917. The van der Waals surface area contributed by atoms with E-state index in [9.17, 15) is 15.0 Å². The molecule has 1 aliphatic carbocycles. The first kappa shape index (κ1) is 11.2. The molecular weight excluding hydrogens is 240 g/mol. The molecule has 2 N–H and O–H groups in total. The summed E-state index contributed by atoms with van der Waals surface area (Å²) >= 11 is 0. The zero-order valence-corrected chi connectivity index (χ0v) is 9.87. The lowest BCUT2D eigenvalue weighted by Gasteiger charge is -2.34. The highest BCUT2D eigenvalue weighted by atomic mass is 16.8. The van der Waals surface area contributed by atoms with Gasteiger partial charge >= 0.3 is 5.97 Å². The molecule has 0 aromatic heterocycles. The SMILES string of the molecule is O=C1O[C@H]2[C@H](O)[C@@H]1O[C@]1(OC13CCCCC3)[C@@H]2O. The van der Waals surface area contributed by atoms with Crippen LogP contribution in [0, 0.1) is 0 Å². The molecule has 0 aromatic rings. The highest BCUT2D eigenvalue weighted by molar-refractivity contribution is 5.79. The summed E-state index contributed by atoms with van der Waals surface area (Å²) in [6.45, 7) is 0. The van der Waals surface area contributed by atoms with Gasteiger partial charge in [0.15, 0.2) is 18.3 Å². The molecule has 0 unspecified atom stereocenters. The van der Waals surface area contributed by atoms with Gasteiger partial charge in [0, 0.05) is 0 Å². The van der Waals surface area contributed by atoms with Crippen molar-refractivity contribution < 1.29 is 29.2 Å². The van der Waals surface area contributed by atoms with Gasteiger partial charge < -0.3 is 24.4 Å². The topological polar surface area (TPSA) is 88.5 Å². The molecule has 6 heteroatoms. The van der Waals surface area contributed by atoms with Crippen molar-refractivity contribution in [2.45, 2.75) is 67.9 Å². The molecular formula is C12H16O6. The maximum Gasteiger partial charge on any atom is 0.338 e. The summed E-state index contributed by atoms with van der Waals surface area (Å²) in [7, 11) is 0. The van der Waals surface area contributed by atoms with Crippen LogP contribution in [0.25, 0.3) is 0 Å². The van der Waals surface area contributed by atoms with Gasteiger partial charge in [0.25, 0.3) is 0 Å². The van der Waals surface area contributed by atoms with Crippen LogP contribution in [-0.4, -0.2) is 52.0 Å². The fourth-order valence-corrected chi connectivity index (χ4v) is 3.73. The summed E-state index contributed by atoms with van der Waals surface area (Å²) in [6, 6.07) is 0. The van der Waals surface area contributed by atoms with Crippen molar-refractivity contribution >= 4 is 5.97 Å². The number of carbonyl (C=O) groups is 1. The maximum atomic E-state index is 11.5. The van der Waals surface area contributed by atoms with Crippen LogP contribution >= 0.6 is 0 Å². The molecule has 18 heavy (non-hydrogen) atoms. The second kappa shape index (κ2) is 3.25. The molecule has 2 spiro atoms. The molecule has 0 radical (unpaired) electrons. The molecule has 2 bridgehead atoms. The molecule has 0 aromatic carbocycles. The number of carbonyl (C=O) groups excluding carboxylic acids is 1. The Morgan fingerprint density at radius 3 is 2.61 bits per heavy atom. The zero-order chi connectivity index (χ0) is 12.5. The van der Waals surface area contributed by atoms with E-state index in [4.69, 9.17) is 14.2 Å². The third-order valence-electron chi connectivity index (χ3n) is 4.74. The van der Waals surface area contributed by atoms with E-state index in [1.165, 1.54) is 0 Å². The van der Waals surface area contributed by atoms with Gasteiger partial charge in [-0.3, -0.25) is 0 Å². The van der Waals surface area contributed by atoms with Crippen molar-refractivity contribution in [2.75, 3.05) is 0 Å². The van der Waals surface area contributed by atoms with Crippen molar-refractivity contribution in [2.24, 2.45) is 0 Å². The standard InChI is InChI=1S/C12H16O6/c13-6-7-9(14)12(17-8(6)10(15)16-7)11(18-12)4-2-1-3-5-11/h6-9,13-14H,1-5H2/t6-,7-,8-,9+,12-/m0/s1. The number of ether oxygens (including phenoxy) is 3. The van der Waals surface area contributed by atoms with E-state index >= 15 is 0 Å². The molecule has 6 nitrogen and oxygen atoms in total. The Hall–Kier alpha value is -0.690. The highest BCUT2D eigenvalue weighted by Gasteiger charge is 2.81. The molecule has 4 fully saturated rings. The molecule has 3 aliphatic heterocycles. The number of rotatable bonds is 0. The zero-order valence-electron chi connectivity index (χ0n) is 9.87. The molecule has 100 valence electrons. The number of aliphatic hydroxyl groups is 2. The maximum absolute atomic E-state index is 11.5. The molecule has 5 atom stereocenters. The minimum absolute atomic E-state index is 0.477. The number of aliphatic hydroxyl groups excluding tert-OH is 2. The summed E-state index contributed by atoms with van der Waals surface area (Å²) in [5, 5.41) is 20.1. The Balaban J connectivity index is 1.66. The summed E-state index contributed by atoms with van der Waals surface area (Å²) in [5.41, 5.74) is -0.477. The Labute approximate surface area is 104 Å². The smallest absolute Gasteiger partial charge is 0.338 e. The van der Waals surface area contributed by atoms with Crippen molar-refractivity contribution in [1.82, 2.24) is 0 Å². The molecule has 3 saturated heterocycles.